The number of hydrogen-bond donors (Lipinski definition) is 1. The quantitative estimate of drug-likeness (QED) is 0.807. The molecule has 0 aromatic heterocycles. The normalized spacial score (nSPS) is 19.5. The van der Waals surface area contributed by atoms with Crippen molar-refractivity contribution in [2.24, 2.45) is 0 Å². The van der Waals surface area contributed by atoms with Crippen molar-refractivity contribution in [1.82, 2.24) is 15.1 Å². The van der Waals surface area contributed by atoms with Gasteiger partial charge in [-0.2, -0.15) is 0 Å². The van der Waals surface area contributed by atoms with Crippen LogP contribution >= 0.6 is 0 Å². The highest BCUT2D eigenvalue weighted by Crippen LogP contribution is 2.27. The Kier molecular flexibility index (Phi) is 7.39. The Bertz CT molecular complexity index is 639. The summed E-state index contributed by atoms with van der Waals surface area (Å²) in [7, 11) is 5.03. The predicted octanol–water partition coefficient (Wildman–Crippen LogP) is 2.49. The Labute approximate surface area is 167 Å². The van der Waals surface area contributed by atoms with Crippen molar-refractivity contribution in [3.63, 3.8) is 0 Å². The summed E-state index contributed by atoms with van der Waals surface area (Å²) in [5.41, 5.74) is 0.988. The van der Waals surface area contributed by atoms with E-state index < -0.39 is 0 Å². The second kappa shape index (κ2) is 9.98. The highest BCUT2D eigenvalue weighted by molar-refractivity contribution is 5.74. The van der Waals surface area contributed by atoms with Gasteiger partial charge in [-0.25, -0.2) is 4.79 Å². The van der Waals surface area contributed by atoms with Gasteiger partial charge < -0.3 is 29.3 Å². The van der Waals surface area contributed by atoms with Crippen molar-refractivity contribution in [3.05, 3.63) is 23.8 Å². The van der Waals surface area contributed by atoms with E-state index in [4.69, 9.17) is 14.2 Å². The Balaban J connectivity index is 1.43. The van der Waals surface area contributed by atoms with E-state index >= 15 is 0 Å². The molecule has 7 nitrogen and oxygen atoms in total. The molecule has 1 aromatic rings. The Morgan fingerprint density at radius 1 is 1.00 bits per heavy atom. The van der Waals surface area contributed by atoms with Gasteiger partial charge in [0.25, 0.3) is 0 Å². The molecular weight excluding hydrogens is 358 g/mol. The number of rotatable bonds is 6. The van der Waals surface area contributed by atoms with Crippen molar-refractivity contribution in [2.45, 2.75) is 44.4 Å². The van der Waals surface area contributed by atoms with E-state index in [1.165, 1.54) is 0 Å². The van der Waals surface area contributed by atoms with E-state index in [1.54, 1.807) is 21.3 Å². The highest BCUT2D eigenvalue weighted by atomic mass is 16.5. The van der Waals surface area contributed by atoms with Crippen LogP contribution in [-0.2, 0) is 11.3 Å². The van der Waals surface area contributed by atoms with Gasteiger partial charge in [0.2, 0.25) is 0 Å². The molecule has 0 atom stereocenters. The molecule has 2 aliphatic heterocycles. The first-order valence-electron chi connectivity index (χ1n) is 10.1. The largest absolute Gasteiger partial charge is 0.493 e. The fourth-order valence-electron chi connectivity index (χ4n) is 4.19. The highest BCUT2D eigenvalue weighted by Gasteiger charge is 2.29. The molecule has 1 aromatic carbocycles. The zero-order valence-electron chi connectivity index (χ0n) is 17.3. The summed E-state index contributed by atoms with van der Waals surface area (Å²) in [6.07, 6.45) is 4.73. The lowest BCUT2D eigenvalue weighted by atomic mass is 9.99. The molecule has 2 fully saturated rings. The van der Waals surface area contributed by atoms with Crippen molar-refractivity contribution in [2.75, 3.05) is 47.5 Å². The summed E-state index contributed by atoms with van der Waals surface area (Å²) < 4.78 is 16.0. The van der Waals surface area contributed by atoms with Crippen molar-refractivity contribution in [1.29, 1.82) is 0 Å². The Morgan fingerprint density at radius 2 is 1.68 bits per heavy atom. The standard InChI is InChI=1S/C21H33N3O4/c1-26-18-8-12-23(13-9-18)17-6-10-24(11-7-17)21(25)22-15-16-4-5-19(27-2)20(14-16)28-3/h4-5,14,17-18H,6-13,15H2,1-3H3,(H,22,25). The summed E-state index contributed by atoms with van der Waals surface area (Å²) in [5, 5.41) is 3.03. The van der Waals surface area contributed by atoms with Gasteiger partial charge in [0.1, 0.15) is 0 Å². The van der Waals surface area contributed by atoms with Gasteiger partial charge in [-0.15, -0.1) is 0 Å². The SMILES string of the molecule is COc1ccc(CNC(=O)N2CCC(N3CCC(OC)CC3)CC2)cc1OC. The molecule has 1 N–H and O–H groups in total. The first-order chi connectivity index (χ1) is 13.6. The molecule has 0 radical (unpaired) electrons. The fraction of sp³-hybridized carbons (Fsp3) is 0.667. The lowest BCUT2D eigenvalue weighted by molar-refractivity contribution is 0.0170. The third-order valence-electron chi connectivity index (χ3n) is 5.97. The third kappa shape index (κ3) is 5.08. The lowest BCUT2D eigenvalue weighted by Gasteiger charge is -2.41. The second-order valence-electron chi connectivity index (χ2n) is 7.54. The molecule has 7 heteroatoms. The first kappa shape index (κ1) is 20.7. The fourth-order valence-corrected chi connectivity index (χ4v) is 4.19. The minimum atomic E-state index is 0.00586. The molecule has 28 heavy (non-hydrogen) atoms. The molecule has 2 saturated heterocycles. The van der Waals surface area contributed by atoms with Crippen LogP contribution in [0.3, 0.4) is 0 Å². The van der Waals surface area contributed by atoms with Gasteiger partial charge in [-0.3, -0.25) is 0 Å². The number of methoxy groups -OCH3 is 3. The molecule has 2 heterocycles. The number of urea groups is 1. The van der Waals surface area contributed by atoms with Crippen LogP contribution in [-0.4, -0.2) is 75.5 Å². The van der Waals surface area contributed by atoms with Gasteiger partial charge >= 0.3 is 6.03 Å². The predicted molar refractivity (Wildman–Crippen MR) is 108 cm³/mol. The molecule has 156 valence electrons. The van der Waals surface area contributed by atoms with Crippen LogP contribution in [0.2, 0.25) is 0 Å². The van der Waals surface area contributed by atoms with Crippen LogP contribution in [0.25, 0.3) is 0 Å². The number of carbonyl (C=O) groups excluding carboxylic acids is 1. The number of likely N-dealkylation sites (tertiary alicyclic amines) is 2. The Hall–Kier alpha value is -1.99. The molecule has 2 amide bonds. The number of carbonyl (C=O) groups is 1. The van der Waals surface area contributed by atoms with E-state index in [2.05, 4.69) is 10.2 Å². The van der Waals surface area contributed by atoms with Crippen molar-refractivity contribution >= 4 is 6.03 Å². The zero-order valence-corrected chi connectivity index (χ0v) is 17.3. The smallest absolute Gasteiger partial charge is 0.317 e. The zero-order chi connectivity index (χ0) is 19.9. The average molecular weight is 392 g/mol. The van der Waals surface area contributed by atoms with E-state index in [-0.39, 0.29) is 6.03 Å². The molecular formula is C21H33N3O4. The summed E-state index contributed by atoms with van der Waals surface area (Å²) in [5.74, 6) is 1.36. The van der Waals surface area contributed by atoms with E-state index in [9.17, 15) is 4.79 Å². The number of piperidine rings is 2. The van der Waals surface area contributed by atoms with Crippen LogP contribution in [0.4, 0.5) is 4.79 Å². The Morgan fingerprint density at radius 3 is 2.29 bits per heavy atom. The average Bonchev–Trinajstić information content (AvgIpc) is 2.77. The molecule has 2 aliphatic rings. The number of nitrogens with one attached hydrogen (secondary N) is 1. The molecule has 0 aliphatic carbocycles. The monoisotopic (exact) mass is 391 g/mol. The number of hydrogen-bond acceptors (Lipinski definition) is 5. The van der Waals surface area contributed by atoms with Gasteiger partial charge in [0.05, 0.1) is 20.3 Å². The van der Waals surface area contributed by atoms with Crippen LogP contribution in [0.5, 0.6) is 11.5 Å². The second-order valence-corrected chi connectivity index (χ2v) is 7.54. The van der Waals surface area contributed by atoms with Crippen LogP contribution in [0.1, 0.15) is 31.2 Å². The molecule has 3 rings (SSSR count). The van der Waals surface area contributed by atoms with E-state index in [0.29, 0.717) is 30.2 Å². The number of amides is 2. The summed E-state index contributed by atoms with van der Waals surface area (Å²) in [4.78, 5) is 17.1. The van der Waals surface area contributed by atoms with Crippen LogP contribution < -0.4 is 14.8 Å². The summed E-state index contributed by atoms with van der Waals surface area (Å²) in [6, 6.07) is 6.30. The van der Waals surface area contributed by atoms with E-state index in [0.717, 1.165) is 57.4 Å². The van der Waals surface area contributed by atoms with E-state index in [1.807, 2.05) is 23.1 Å². The summed E-state index contributed by atoms with van der Waals surface area (Å²) >= 11 is 0. The molecule has 0 saturated carbocycles. The third-order valence-corrected chi connectivity index (χ3v) is 5.97. The van der Waals surface area contributed by atoms with Crippen molar-refractivity contribution in [3.8, 4) is 11.5 Å². The number of nitrogens with zero attached hydrogens (tertiary/aromatic N) is 2. The molecule has 0 unspecified atom stereocenters. The van der Waals surface area contributed by atoms with Gasteiger partial charge in [0.15, 0.2) is 11.5 Å². The maximum atomic E-state index is 12.5. The maximum Gasteiger partial charge on any atom is 0.317 e. The van der Waals surface area contributed by atoms with Crippen LogP contribution in [0.15, 0.2) is 18.2 Å². The molecule has 0 spiro atoms. The summed E-state index contributed by atoms with van der Waals surface area (Å²) in [6.45, 7) is 4.31. The molecule has 0 bridgehead atoms. The van der Waals surface area contributed by atoms with Gasteiger partial charge in [-0.05, 0) is 43.4 Å². The first-order valence-corrected chi connectivity index (χ1v) is 10.1. The van der Waals surface area contributed by atoms with Gasteiger partial charge in [0, 0.05) is 45.9 Å². The topological polar surface area (TPSA) is 63.3 Å². The van der Waals surface area contributed by atoms with Gasteiger partial charge in [-0.1, -0.05) is 6.07 Å². The number of ether oxygens (including phenoxy) is 3. The minimum Gasteiger partial charge on any atom is -0.493 e. The maximum absolute atomic E-state index is 12.5. The van der Waals surface area contributed by atoms with Crippen molar-refractivity contribution < 1.29 is 19.0 Å². The lowest BCUT2D eigenvalue weighted by Crippen LogP contribution is -2.51. The number of benzene rings is 1. The van der Waals surface area contributed by atoms with Crippen LogP contribution in [0, 0.1) is 0 Å². The minimum absolute atomic E-state index is 0.00586.